The molecule has 128 valence electrons. The standard InChI is InChI=1S/C16H15F2N7/c1-20-15-14-11(3-5-25(14)23-16(19)22-15)9-2-4-24-12(6-9)10(8-21-24)7-13(17)18/h2-6,8,13H,7H2,1H3,(H3,19,20,22,23). The van der Waals surface area contributed by atoms with Crippen molar-refractivity contribution in [3.05, 3.63) is 42.4 Å². The van der Waals surface area contributed by atoms with Crippen molar-refractivity contribution >= 4 is 22.8 Å². The molecule has 0 fully saturated rings. The van der Waals surface area contributed by atoms with Crippen molar-refractivity contribution in [2.75, 3.05) is 18.1 Å². The van der Waals surface area contributed by atoms with Crippen LogP contribution < -0.4 is 11.1 Å². The summed E-state index contributed by atoms with van der Waals surface area (Å²) >= 11 is 0. The Morgan fingerprint density at radius 3 is 2.80 bits per heavy atom. The molecule has 9 heteroatoms. The number of pyridine rings is 1. The van der Waals surface area contributed by atoms with Gasteiger partial charge in [0.1, 0.15) is 5.52 Å². The molecular weight excluding hydrogens is 328 g/mol. The van der Waals surface area contributed by atoms with E-state index in [1.807, 2.05) is 18.2 Å². The van der Waals surface area contributed by atoms with E-state index in [-0.39, 0.29) is 12.4 Å². The minimum absolute atomic E-state index is 0.157. The van der Waals surface area contributed by atoms with Gasteiger partial charge in [-0.05, 0) is 23.8 Å². The van der Waals surface area contributed by atoms with Gasteiger partial charge in [0.25, 0.3) is 0 Å². The Morgan fingerprint density at radius 1 is 1.24 bits per heavy atom. The number of halogens is 2. The number of anilines is 2. The number of rotatable bonds is 4. The monoisotopic (exact) mass is 343 g/mol. The Hall–Kier alpha value is -3.23. The van der Waals surface area contributed by atoms with Crippen LogP contribution in [0.25, 0.3) is 22.2 Å². The van der Waals surface area contributed by atoms with E-state index in [1.165, 1.54) is 6.20 Å². The number of nitrogens with two attached hydrogens (primary N) is 1. The SMILES string of the molecule is CNc1nc(N)nn2ccc(-c3ccn4ncc(CC(F)F)c4c3)c12. The maximum Gasteiger partial charge on any atom is 0.242 e. The van der Waals surface area contributed by atoms with E-state index >= 15 is 0 Å². The number of hydrogen-bond acceptors (Lipinski definition) is 5. The van der Waals surface area contributed by atoms with Crippen LogP contribution in [-0.4, -0.2) is 37.7 Å². The van der Waals surface area contributed by atoms with Crippen molar-refractivity contribution < 1.29 is 8.78 Å². The number of nitrogen functional groups attached to an aromatic ring is 1. The number of nitrogens with one attached hydrogen (secondary N) is 1. The third-order valence-electron chi connectivity index (χ3n) is 4.05. The van der Waals surface area contributed by atoms with E-state index in [0.717, 1.165) is 16.6 Å². The molecule has 0 saturated heterocycles. The summed E-state index contributed by atoms with van der Waals surface area (Å²) in [5.74, 6) is 0.748. The second kappa shape index (κ2) is 5.69. The van der Waals surface area contributed by atoms with Crippen LogP contribution in [0.15, 0.2) is 36.8 Å². The first-order valence-corrected chi connectivity index (χ1v) is 7.64. The summed E-state index contributed by atoms with van der Waals surface area (Å²) in [7, 11) is 1.75. The molecule has 0 radical (unpaired) electrons. The molecule has 0 spiro atoms. The lowest BCUT2D eigenvalue weighted by Gasteiger charge is -2.07. The second-order valence-electron chi connectivity index (χ2n) is 5.60. The highest BCUT2D eigenvalue weighted by atomic mass is 19.3. The Labute approximate surface area is 141 Å². The molecule has 0 amide bonds. The van der Waals surface area contributed by atoms with Gasteiger partial charge in [0.15, 0.2) is 5.82 Å². The first-order valence-electron chi connectivity index (χ1n) is 7.64. The van der Waals surface area contributed by atoms with Crippen LogP contribution in [0.1, 0.15) is 5.56 Å². The van der Waals surface area contributed by atoms with Gasteiger partial charge >= 0.3 is 0 Å². The van der Waals surface area contributed by atoms with E-state index in [4.69, 9.17) is 5.73 Å². The Morgan fingerprint density at radius 2 is 2.04 bits per heavy atom. The summed E-state index contributed by atoms with van der Waals surface area (Å²) in [6, 6.07) is 5.60. The maximum absolute atomic E-state index is 12.8. The molecule has 0 aliphatic carbocycles. The van der Waals surface area contributed by atoms with Gasteiger partial charge < -0.3 is 11.1 Å². The predicted molar refractivity (Wildman–Crippen MR) is 90.8 cm³/mol. The molecule has 7 nitrogen and oxygen atoms in total. The topological polar surface area (TPSA) is 85.5 Å². The summed E-state index contributed by atoms with van der Waals surface area (Å²) in [6.07, 6.45) is 2.26. The lowest BCUT2D eigenvalue weighted by molar-refractivity contribution is 0.149. The van der Waals surface area contributed by atoms with Gasteiger partial charge in [-0.25, -0.2) is 17.8 Å². The zero-order valence-corrected chi connectivity index (χ0v) is 13.3. The average molecular weight is 343 g/mol. The van der Waals surface area contributed by atoms with Gasteiger partial charge in [0, 0.05) is 37.0 Å². The fourth-order valence-corrected chi connectivity index (χ4v) is 2.97. The number of nitrogens with zero attached hydrogens (tertiary/aromatic N) is 5. The summed E-state index contributed by atoms with van der Waals surface area (Å²) in [4.78, 5) is 4.21. The Kier molecular flexibility index (Phi) is 3.48. The molecule has 4 heterocycles. The number of fused-ring (bicyclic) bond motifs is 2. The van der Waals surface area contributed by atoms with Gasteiger partial charge in [-0.1, -0.05) is 0 Å². The van der Waals surface area contributed by atoms with E-state index in [1.54, 1.807) is 28.5 Å². The van der Waals surface area contributed by atoms with Gasteiger partial charge in [0.2, 0.25) is 12.4 Å². The molecule has 3 N–H and O–H groups in total. The molecule has 0 unspecified atom stereocenters. The molecule has 25 heavy (non-hydrogen) atoms. The number of aromatic nitrogens is 5. The second-order valence-corrected chi connectivity index (χ2v) is 5.60. The van der Waals surface area contributed by atoms with E-state index < -0.39 is 6.43 Å². The molecule has 0 saturated carbocycles. The maximum atomic E-state index is 12.8. The highest BCUT2D eigenvalue weighted by Crippen LogP contribution is 2.31. The minimum Gasteiger partial charge on any atom is -0.371 e. The molecule has 0 aliphatic heterocycles. The van der Waals surface area contributed by atoms with Crippen molar-refractivity contribution in [2.45, 2.75) is 12.8 Å². The Bertz CT molecular complexity index is 1070. The zero-order valence-electron chi connectivity index (χ0n) is 13.3. The van der Waals surface area contributed by atoms with Gasteiger partial charge in [-0.3, -0.25) is 0 Å². The molecular formula is C16H15F2N7. The van der Waals surface area contributed by atoms with Crippen LogP contribution >= 0.6 is 0 Å². The normalized spacial score (nSPS) is 11.7. The van der Waals surface area contributed by atoms with Gasteiger partial charge in [0.05, 0.1) is 11.7 Å². The van der Waals surface area contributed by atoms with Crippen LogP contribution in [0.3, 0.4) is 0 Å². The molecule has 0 bridgehead atoms. The molecule has 4 rings (SSSR count). The predicted octanol–water partition coefficient (Wildman–Crippen LogP) is 2.48. The van der Waals surface area contributed by atoms with Crippen LogP contribution in [0.2, 0.25) is 0 Å². The first-order chi connectivity index (χ1) is 12.1. The molecule has 0 aromatic carbocycles. The summed E-state index contributed by atoms with van der Waals surface area (Å²) in [6.45, 7) is 0. The Balaban J connectivity index is 1.91. The van der Waals surface area contributed by atoms with Crippen LogP contribution in [0.4, 0.5) is 20.5 Å². The van der Waals surface area contributed by atoms with Crippen LogP contribution in [-0.2, 0) is 6.42 Å². The van der Waals surface area contributed by atoms with Crippen LogP contribution in [0, 0.1) is 0 Å². The van der Waals surface area contributed by atoms with E-state index in [2.05, 4.69) is 20.5 Å². The zero-order chi connectivity index (χ0) is 17.6. The lowest BCUT2D eigenvalue weighted by atomic mass is 10.1. The van der Waals surface area contributed by atoms with Crippen molar-refractivity contribution in [3.8, 4) is 11.1 Å². The van der Waals surface area contributed by atoms with Crippen molar-refractivity contribution in [3.63, 3.8) is 0 Å². The van der Waals surface area contributed by atoms with Crippen LogP contribution in [0.5, 0.6) is 0 Å². The summed E-state index contributed by atoms with van der Waals surface area (Å²) in [5.41, 5.74) is 9.36. The molecule has 0 aliphatic rings. The lowest BCUT2D eigenvalue weighted by Crippen LogP contribution is -2.05. The van der Waals surface area contributed by atoms with E-state index in [0.29, 0.717) is 16.9 Å². The smallest absolute Gasteiger partial charge is 0.242 e. The molecule has 4 aromatic heterocycles. The van der Waals surface area contributed by atoms with Crippen molar-refractivity contribution in [2.24, 2.45) is 0 Å². The van der Waals surface area contributed by atoms with Crippen molar-refractivity contribution in [1.29, 1.82) is 0 Å². The quantitative estimate of drug-likeness (QED) is 0.595. The fourth-order valence-electron chi connectivity index (χ4n) is 2.97. The summed E-state index contributed by atoms with van der Waals surface area (Å²) < 4.78 is 28.8. The first kappa shape index (κ1) is 15.3. The fraction of sp³-hybridized carbons (Fsp3) is 0.188. The highest BCUT2D eigenvalue weighted by molar-refractivity contribution is 5.89. The van der Waals surface area contributed by atoms with Gasteiger partial charge in [-0.15, -0.1) is 5.10 Å². The minimum atomic E-state index is -2.42. The van der Waals surface area contributed by atoms with Crippen molar-refractivity contribution in [1.82, 2.24) is 24.2 Å². The third kappa shape index (κ3) is 2.53. The van der Waals surface area contributed by atoms with Gasteiger partial charge in [-0.2, -0.15) is 10.1 Å². The summed E-state index contributed by atoms with van der Waals surface area (Å²) in [5, 5.41) is 11.3. The largest absolute Gasteiger partial charge is 0.371 e. The average Bonchev–Trinajstić information content (AvgIpc) is 3.17. The number of alkyl halides is 2. The highest BCUT2D eigenvalue weighted by Gasteiger charge is 2.15. The third-order valence-corrected chi connectivity index (χ3v) is 4.05. The van der Waals surface area contributed by atoms with E-state index in [9.17, 15) is 8.78 Å². The molecule has 0 atom stereocenters. The number of hydrogen-bond donors (Lipinski definition) is 2. The molecule has 4 aromatic rings.